The van der Waals surface area contributed by atoms with Gasteiger partial charge < -0.3 is 15.2 Å². The lowest BCUT2D eigenvalue weighted by Gasteiger charge is -2.15. The van der Waals surface area contributed by atoms with E-state index in [1.807, 2.05) is 52.9 Å². The molecule has 0 spiro atoms. The number of hydrogen-bond acceptors (Lipinski definition) is 3. The third-order valence-corrected chi connectivity index (χ3v) is 6.18. The van der Waals surface area contributed by atoms with E-state index in [0.717, 1.165) is 10.8 Å². The first-order valence-corrected chi connectivity index (χ1v) is 11.2. The topological polar surface area (TPSA) is 58.6 Å². The van der Waals surface area contributed by atoms with Gasteiger partial charge in [-0.2, -0.15) is 0 Å². The number of phenols is 1. The van der Waals surface area contributed by atoms with Gasteiger partial charge in [0.15, 0.2) is 5.75 Å². The molecule has 0 bridgehead atoms. The first kappa shape index (κ1) is 22.0. The number of amides is 1. The summed E-state index contributed by atoms with van der Waals surface area (Å²) in [6, 6.07) is 19.1. The predicted molar refractivity (Wildman–Crippen MR) is 134 cm³/mol. The van der Waals surface area contributed by atoms with Crippen molar-refractivity contribution in [3.8, 4) is 17.2 Å². The van der Waals surface area contributed by atoms with Crippen molar-refractivity contribution in [2.45, 2.75) is 0 Å². The zero-order chi connectivity index (χ0) is 22.1. The Morgan fingerprint density at radius 2 is 1.65 bits per heavy atom. The van der Waals surface area contributed by atoms with Crippen molar-refractivity contribution in [2.24, 2.45) is 0 Å². The van der Waals surface area contributed by atoms with E-state index >= 15 is 0 Å². The van der Waals surface area contributed by atoms with Crippen LogP contribution in [0.4, 0.5) is 5.69 Å². The molecule has 0 unspecified atom stereocenters. The van der Waals surface area contributed by atoms with Crippen LogP contribution in [0.5, 0.6) is 17.2 Å². The average Bonchev–Trinajstić information content (AvgIpc) is 2.74. The normalized spacial score (nSPS) is 10.8. The Balaban J connectivity index is 1.69. The van der Waals surface area contributed by atoms with Crippen LogP contribution in [0.1, 0.15) is 10.4 Å². The highest BCUT2D eigenvalue weighted by Gasteiger charge is 2.18. The van der Waals surface area contributed by atoms with Crippen LogP contribution in [0.25, 0.3) is 10.8 Å². The lowest BCUT2D eigenvalue weighted by molar-refractivity contribution is 0.102. The fraction of sp³-hybridized carbons (Fsp3) is 0. The summed E-state index contributed by atoms with van der Waals surface area (Å²) in [5, 5.41) is 16.0. The van der Waals surface area contributed by atoms with Crippen molar-refractivity contribution in [3.63, 3.8) is 0 Å². The smallest absolute Gasteiger partial charge is 0.259 e. The van der Waals surface area contributed by atoms with Gasteiger partial charge in [-0.25, -0.2) is 0 Å². The van der Waals surface area contributed by atoms with Crippen molar-refractivity contribution < 1.29 is 14.6 Å². The van der Waals surface area contributed by atoms with Crippen molar-refractivity contribution in [1.29, 1.82) is 0 Å². The number of aromatic hydroxyl groups is 1. The maximum Gasteiger partial charge on any atom is 0.259 e. The number of rotatable bonds is 4. The van der Waals surface area contributed by atoms with Gasteiger partial charge in [0, 0.05) is 15.4 Å². The number of benzene rings is 4. The minimum atomic E-state index is -0.561. The summed E-state index contributed by atoms with van der Waals surface area (Å²) in [5.41, 5.74) is 0.350. The number of phenolic OH excluding ortho intramolecular Hbond substituents is 1. The van der Waals surface area contributed by atoms with Crippen molar-refractivity contribution >= 4 is 79.8 Å². The summed E-state index contributed by atoms with van der Waals surface area (Å²) in [4.78, 5) is 12.8. The maximum absolute atomic E-state index is 12.8. The third kappa shape index (κ3) is 4.70. The first-order valence-electron chi connectivity index (χ1n) is 8.97. The molecule has 4 rings (SSSR count). The average molecular weight is 585 g/mol. The Kier molecular flexibility index (Phi) is 6.48. The molecule has 2 N–H and O–H groups in total. The van der Waals surface area contributed by atoms with Crippen LogP contribution >= 0.6 is 57.4 Å². The third-order valence-electron chi connectivity index (χ3n) is 4.51. The molecule has 4 aromatic rings. The Labute approximate surface area is 206 Å². The molecule has 0 heterocycles. The predicted octanol–water partition coefficient (Wildman–Crippen LogP) is 8.15. The molecule has 156 valence electrons. The number of fused-ring (bicyclic) bond motifs is 1. The second-order valence-corrected chi connectivity index (χ2v) is 8.99. The van der Waals surface area contributed by atoms with Gasteiger partial charge >= 0.3 is 0 Å². The van der Waals surface area contributed by atoms with E-state index in [2.05, 4.69) is 5.32 Å². The largest absolute Gasteiger partial charge is 0.506 e. The Hall–Kier alpha value is -2.19. The molecule has 0 aliphatic carbocycles. The van der Waals surface area contributed by atoms with E-state index in [4.69, 9.17) is 39.5 Å². The quantitative estimate of drug-likeness (QED) is 0.238. The van der Waals surface area contributed by atoms with Gasteiger partial charge in [-0.15, -0.1) is 0 Å². The fourth-order valence-electron chi connectivity index (χ4n) is 3.03. The number of hydrogen-bond donors (Lipinski definition) is 2. The Bertz CT molecular complexity index is 1330. The molecule has 0 saturated carbocycles. The number of carbonyl (C=O) groups is 1. The molecular formula is C23H13Cl3INO3. The van der Waals surface area contributed by atoms with Gasteiger partial charge in [0.1, 0.15) is 11.5 Å². The summed E-state index contributed by atoms with van der Waals surface area (Å²) in [5.74, 6) is 0.0451. The summed E-state index contributed by atoms with van der Waals surface area (Å²) in [6.07, 6.45) is 0. The van der Waals surface area contributed by atoms with Crippen molar-refractivity contribution in [1.82, 2.24) is 0 Å². The monoisotopic (exact) mass is 583 g/mol. The number of ether oxygens (including phenoxy) is 1. The fourth-order valence-corrected chi connectivity index (χ4v) is 4.50. The van der Waals surface area contributed by atoms with E-state index in [1.165, 1.54) is 6.07 Å². The molecule has 0 radical (unpaired) electrons. The molecule has 0 atom stereocenters. The zero-order valence-corrected chi connectivity index (χ0v) is 20.1. The lowest BCUT2D eigenvalue weighted by atomic mass is 10.1. The highest BCUT2D eigenvalue weighted by molar-refractivity contribution is 14.1. The van der Waals surface area contributed by atoms with Crippen LogP contribution in [-0.2, 0) is 0 Å². The van der Waals surface area contributed by atoms with Crippen molar-refractivity contribution in [3.05, 3.63) is 90.9 Å². The Morgan fingerprint density at radius 3 is 2.45 bits per heavy atom. The number of halogens is 4. The molecule has 4 aromatic carbocycles. The molecule has 0 saturated heterocycles. The second-order valence-electron chi connectivity index (χ2n) is 6.58. The van der Waals surface area contributed by atoms with Gasteiger partial charge in [-0.05, 0) is 64.4 Å². The lowest BCUT2D eigenvalue weighted by Crippen LogP contribution is -2.13. The minimum Gasteiger partial charge on any atom is -0.506 e. The standard InChI is InChI=1S/C23H13Cl3INO3/c24-13-6-8-19(31-20-7-5-12-3-1-2-4-15(12)21(20)26)18(11-13)28-23(30)16-9-14(25)10-17(27)22(16)29/h1-11,29H,(H,28,30). The van der Waals surface area contributed by atoms with Crippen LogP contribution in [0.2, 0.25) is 15.1 Å². The molecular weight excluding hydrogens is 572 g/mol. The summed E-state index contributed by atoms with van der Waals surface area (Å²) >= 11 is 20.6. The highest BCUT2D eigenvalue weighted by atomic mass is 127. The van der Waals surface area contributed by atoms with Gasteiger partial charge in [0.2, 0.25) is 0 Å². The van der Waals surface area contributed by atoms with E-state index < -0.39 is 5.91 Å². The molecule has 0 aromatic heterocycles. The maximum atomic E-state index is 12.8. The highest BCUT2D eigenvalue weighted by Crippen LogP contribution is 2.39. The molecule has 31 heavy (non-hydrogen) atoms. The van der Waals surface area contributed by atoms with Gasteiger partial charge in [-0.3, -0.25) is 4.79 Å². The zero-order valence-electron chi connectivity index (χ0n) is 15.6. The molecule has 0 aliphatic rings. The van der Waals surface area contributed by atoms with Gasteiger partial charge in [-0.1, -0.05) is 65.1 Å². The van der Waals surface area contributed by atoms with Gasteiger partial charge in [0.05, 0.1) is 19.8 Å². The molecule has 4 nitrogen and oxygen atoms in total. The molecule has 8 heteroatoms. The Morgan fingerprint density at radius 1 is 0.903 bits per heavy atom. The van der Waals surface area contributed by atoms with E-state index in [9.17, 15) is 9.90 Å². The second kappa shape index (κ2) is 9.12. The summed E-state index contributed by atoms with van der Waals surface area (Å²) in [7, 11) is 0. The number of carbonyl (C=O) groups excluding carboxylic acids is 1. The van der Waals surface area contributed by atoms with Crippen molar-refractivity contribution in [2.75, 3.05) is 5.32 Å². The molecule has 0 fully saturated rings. The van der Waals surface area contributed by atoms with Crippen LogP contribution in [0.15, 0.2) is 66.7 Å². The minimum absolute atomic E-state index is 0.0339. The van der Waals surface area contributed by atoms with Crippen LogP contribution in [-0.4, -0.2) is 11.0 Å². The van der Waals surface area contributed by atoms with E-state index in [0.29, 0.717) is 35.8 Å². The summed E-state index contributed by atoms with van der Waals surface area (Å²) < 4.78 is 6.48. The van der Waals surface area contributed by atoms with Crippen LogP contribution < -0.4 is 10.1 Å². The van der Waals surface area contributed by atoms with Crippen LogP contribution in [0.3, 0.4) is 0 Å². The first-order chi connectivity index (χ1) is 14.8. The molecule has 0 aliphatic heterocycles. The van der Waals surface area contributed by atoms with Gasteiger partial charge in [0.25, 0.3) is 5.91 Å². The van der Waals surface area contributed by atoms with Crippen LogP contribution in [0, 0.1) is 3.57 Å². The van der Waals surface area contributed by atoms with E-state index in [-0.39, 0.29) is 11.3 Å². The SMILES string of the molecule is O=C(Nc1cc(Cl)ccc1Oc1ccc2ccccc2c1Cl)c1cc(Cl)cc(I)c1O. The molecule has 1 amide bonds. The number of anilines is 1. The summed E-state index contributed by atoms with van der Waals surface area (Å²) in [6.45, 7) is 0. The van der Waals surface area contributed by atoms with E-state index in [1.54, 1.807) is 30.3 Å². The number of nitrogens with one attached hydrogen (secondary N) is 1.